The third-order valence-electron chi connectivity index (χ3n) is 5.32. The minimum Gasteiger partial charge on any atom is -0.314 e. The highest BCUT2D eigenvalue weighted by Crippen LogP contribution is 2.41. The van der Waals surface area contributed by atoms with E-state index >= 15 is 0 Å². The molecule has 1 aliphatic heterocycles. The van der Waals surface area contributed by atoms with Crippen molar-refractivity contribution in [1.29, 1.82) is 0 Å². The molecule has 2 heterocycles. The number of carbonyl (C=O) groups is 2. The van der Waals surface area contributed by atoms with Crippen molar-refractivity contribution < 1.29 is 22.8 Å². The van der Waals surface area contributed by atoms with Crippen LogP contribution in [-0.4, -0.2) is 34.9 Å². The first-order valence-corrected chi connectivity index (χ1v) is 10.0. The molecule has 2 aliphatic rings. The van der Waals surface area contributed by atoms with E-state index in [0.29, 0.717) is 10.7 Å². The molecule has 1 N–H and O–H groups in total. The molecule has 2 fully saturated rings. The smallest absolute Gasteiger partial charge is 0.314 e. The van der Waals surface area contributed by atoms with Crippen molar-refractivity contribution in [2.45, 2.75) is 44.3 Å². The monoisotopic (exact) mass is 453 g/mol. The average molecular weight is 454 g/mol. The van der Waals surface area contributed by atoms with Crippen molar-refractivity contribution in [2.24, 2.45) is 0 Å². The summed E-state index contributed by atoms with van der Waals surface area (Å²) in [5.74, 6) is -1.42. The topological polar surface area (TPSA) is 78.4 Å². The average Bonchev–Trinajstić information content (AvgIpc) is 3.49. The molecule has 1 aromatic heterocycles. The lowest BCUT2D eigenvalue weighted by molar-refractivity contribution is -0.141. The van der Waals surface area contributed by atoms with Crippen molar-refractivity contribution in [3.05, 3.63) is 46.2 Å². The molecule has 4 rings (SSSR count). The number of carbonyl (C=O) groups excluding carboxylic acids is 2. The van der Waals surface area contributed by atoms with Gasteiger partial charge in [-0.05, 0) is 49.6 Å². The predicted octanol–water partition coefficient (Wildman–Crippen LogP) is 3.61. The van der Waals surface area contributed by atoms with E-state index in [2.05, 4.69) is 15.4 Å². The summed E-state index contributed by atoms with van der Waals surface area (Å²) >= 11 is 6.04. The Morgan fingerprint density at radius 1 is 1.26 bits per heavy atom. The third-order valence-corrected chi connectivity index (χ3v) is 5.74. The fourth-order valence-electron chi connectivity index (χ4n) is 3.39. The van der Waals surface area contributed by atoms with E-state index in [0.717, 1.165) is 29.5 Å². The van der Waals surface area contributed by atoms with Gasteiger partial charge in [-0.1, -0.05) is 11.6 Å². The van der Waals surface area contributed by atoms with Gasteiger partial charge in [-0.3, -0.25) is 15.0 Å². The van der Waals surface area contributed by atoms with E-state index in [1.165, 1.54) is 11.9 Å². The first-order chi connectivity index (χ1) is 14.5. The van der Waals surface area contributed by atoms with Crippen molar-refractivity contribution >= 4 is 35.1 Å². The fraction of sp³-hybridized carbons (Fsp3) is 0.400. The lowest BCUT2D eigenvalue weighted by Gasteiger charge is -2.27. The fourth-order valence-corrected chi connectivity index (χ4v) is 3.51. The van der Waals surface area contributed by atoms with Gasteiger partial charge in [-0.15, -0.1) is 0 Å². The van der Waals surface area contributed by atoms with Crippen LogP contribution in [0.3, 0.4) is 0 Å². The van der Waals surface area contributed by atoms with Crippen LogP contribution in [0.1, 0.15) is 42.1 Å². The van der Waals surface area contributed by atoms with Crippen LogP contribution < -0.4 is 15.3 Å². The van der Waals surface area contributed by atoms with E-state index in [-0.39, 0.29) is 24.0 Å². The molecular formula is C20H19ClF3N5O2. The molecule has 0 radical (unpaired) electrons. The molecule has 1 aliphatic carbocycles. The molecule has 1 unspecified atom stereocenters. The van der Waals surface area contributed by atoms with Crippen LogP contribution in [0.5, 0.6) is 0 Å². The molecular weight excluding hydrogens is 435 g/mol. The largest absolute Gasteiger partial charge is 0.433 e. The number of rotatable bonds is 4. The number of hydrogen-bond donors (Lipinski definition) is 1. The number of amides is 2. The summed E-state index contributed by atoms with van der Waals surface area (Å²) in [4.78, 5) is 34.4. The molecule has 164 valence electrons. The second kappa shape index (κ2) is 7.67. The lowest BCUT2D eigenvalue weighted by Crippen LogP contribution is -2.48. The van der Waals surface area contributed by atoms with Crippen LogP contribution >= 0.6 is 11.6 Å². The molecule has 11 heteroatoms. The van der Waals surface area contributed by atoms with Crippen LogP contribution in [0.25, 0.3) is 0 Å². The van der Waals surface area contributed by atoms with Crippen LogP contribution in [0.2, 0.25) is 5.02 Å². The van der Waals surface area contributed by atoms with Gasteiger partial charge in [0, 0.05) is 29.4 Å². The van der Waals surface area contributed by atoms with E-state index < -0.39 is 29.7 Å². The van der Waals surface area contributed by atoms with E-state index in [9.17, 15) is 22.8 Å². The van der Waals surface area contributed by atoms with Gasteiger partial charge in [-0.2, -0.15) is 13.2 Å². The van der Waals surface area contributed by atoms with Gasteiger partial charge in [-0.25, -0.2) is 15.0 Å². The molecule has 0 bridgehead atoms. The van der Waals surface area contributed by atoms with Crippen molar-refractivity contribution in [3.8, 4) is 0 Å². The number of nitrogens with one attached hydrogen (secondary N) is 1. The third kappa shape index (κ3) is 4.30. The lowest BCUT2D eigenvalue weighted by atomic mass is 10.1. The Kier molecular flexibility index (Phi) is 5.28. The van der Waals surface area contributed by atoms with Crippen LogP contribution in [0.4, 0.5) is 24.8 Å². The Hall–Kier alpha value is -2.88. The minimum atomic E-state index is -4.68. The van der Waals surface area contributed by atoms with Gasteiger partial charge in [0.2, 0.25) is 11.9 Å². The molecule has 1 atom stereocenters. The summed E-state index contributed by atoms with van der Waals surface area (Å²) in [6.45, 7) is 1.78. The van der Waals surface area contributed by atoms with Crippen LogP contribution in [0, 0.1) is 6.92 Å². The second-order valence-electron chi connectivity index (χ2n) is 7.71. The number of alkyl halides is 3. The molecule has 7 nitrogen and oxygen atoms in total. The van der Waals surface area contributed by atoms with E-state index in [1.54, 1.807) is 25.1 Å². The zero-order chi connectivity index (χ0) is 22.5. The maximum absolute atomic E-state index is 13.4. The summed E-state index contributed by atoms with van der Waals surface area (Å²) in [5.41, 5.74) is 2.87. The summed E-state index contributed by atoms with van der Waals surface area (Å²) in [6, 6.07) is 4.83. The van der Waals surface area contributed by atoms with Gasteiger partial charge in [0.25, 0.3) is 5.91 Å². The van der Waals surface area contributed by atoms with Gasteiger partial charge in [0.1, 0.15) is 11.7 Å². The summed E-state index contributed by atoms with van der Waals surface area (Å²) in [7, 11) is 1.52. The standard InChI is InChI=1S/C20H19ClF3N5O2/c1-10-7-12(5-6-13(10)21)28(2)18(31)15-9-17(30)27-29(15)19-25-14(11-3-4-11)8-16(26-19)20(22,23)24/h5-8,11,15H,3-4,9H2,1-2H3,(H,27,30). The number of nitrogens with zero attached hydrogens (tertiary/aromatic N) is 4. The maximum atomic E-state index is 13.4. The highest BCUT2D eigenvalue weighted by molar-refractivity contribution is 6.31. The Labute approximate surface area is 181 Å². The van der Waals surface area contributed by atoms with E-state index in [1.807, 2.05) is 0 Å². The minimum absolute atomic E-state index is 0.0741. The zero-order valence-electron chi connectivity index (χ0n) is 16.7. The summed E-state index contributed by atoms with van der Waals surface area (Å²) < 4.78 is 40.2. The van der Waals surface area contributed by atoms with Crippen LogP contribution in [-0.2, 0) is 15.8 Å². The van der Waals surface area contributed by atoms with Crippen LogP contribution in [0.15, 0.2) is 24.3 Å². The second-order valence-corrected chi connectivity index (χ2v) is 8.11. The normalized spacial score (nSPS) is 18.8. The van der Waals surface area contributed by atoms with Crippen molar-refractivity contribution in [3.63, 3.8) is 0 Å². The number of aromatic nitrogens is 2. The first kappa shape index (κ1) is 21.4. The molecule has 1 saturated carbocycles. The SMILES string of the molecule is Cc1cc(N(C)C(=O)C2CC(=O)NN2c2nc(C3CC3)cc(C(F)(F)F)n2)ccc1Cl. The van der Waals surface area contributed by atoms with Gasteiger partial charge in [0.15, 0.2) is 0 Å². The number of benzene rings is 1. The molecule has 1 saturated heterocycles. The highest BCUT2D eigenvalue weighted by atomic mass is 35.5. The summed E-state index contributed by atoms with van der Waals surface area (Å²) in [6.07, 6.45) is -3.43. The number of likely N-dealkylation sites (N-methyl/N-ethyl adjacent to an activating group) is 1. The summed E-state index contributed by atoms with van der Waals surface area (Å²) in [5, 5.41) is 1.57. The van der Waals surface area contributed by atoms with Gasteiger partial charge < -0.3 is 4.90 Å². The Balaban J connectivity index is 1.68. The maximum Gasteiger partial charge on any atom is 0.433 e. The van der Waals surface area contributed by atoms with E-state index in [4.69, 9.17) is 11.6 Å². The number of anilines is 2. The van der Waals surface area contributed by atoms with Gasteiger partial charge >= 0.3 is 6.18 Å². The zero-order valence-corrected chi connectivity index (χ0v) is 17.5. The number of hydrogen-bond acceptors (Lipinski definition) is 5. The molecule has 1 aromatic carbocycles. The Morgan fingerprint density at radius 3 is 2.58 bits per heavy atom. The first-order valence-electron chi connectivity index (χ1n) is 9.63. The molecule has 2 aromatic rings. The molecule has 0 spiro atoms. The number of halogens is 4. The van der Waals surface area contributed by atoms with Crippen molar-refractivity contribution in [1.82, 2.24) is 15.4 Å². The molecule has 31 heavy (non-hydrogen) atoms. The molecule has 2 amide bonds. The highest BCUT2D eigenvalue weighted by Gasteiger charge is 2.42. The number of aryl methyl sites for hydroxylation is 1. The number of hydrazine groups is 1. The predicted molar refractivity (Wildman–Crippen MR) is 108 cm³/mol. The Morgan fingerprint density at radius 2 is 1.97 bits per heavy atom. The Bertz CT molecular complexity index is 1060. The quantitative estimate of drug-likeness (QED) is 0.765. The van der Waals surface area contributed by atoms with Gasteiger partial charge in [0.05, 0.1) is 6.42 Å². The van der Waals surface area contributed by atoms with Crippen molar-refractivity contribution in [2.75, 3.05) is 17.0 Å².